The Bertz CT molecular complexity index is 376. The Morgan fingerprint density at radius 3 is 1.78 bits per heavy atom. The van der Waals surface area contributed by atoms with Gasteiger partial charge >= 0.3 is 101 Å². The second-order valence-corrected chi connectivity index (χ2v) is 44.9. The molecule has 0 radical (unpaired) electrons. The quantitative estimate of drug-likeness (QED) is 0.564. The van der Waals surface area contributed by atoms with Crippen LogP contribution in [0.2, 0.25) is 34.0 Å². The molecule has 0 aromatic rings. The van der Waals surface area contributed by atoms with E-state index in [-0.39, 0.29) is 24.8 Å². The van der Waals surface area contributed by atoms with Gasteiger partial charge in [-0.2, -0.15) is 0 Å². The van der Waals surface area contributed by atoms with E-state index < -0.39 is 19.4 Å². The summed E-state index contributed by atoms with van der Waals surface area (Å²) in [5, 5.41) is 10.5. The maximum absolute atomic E-state index is 3.04. The van der Waals surface area contributed by atoms with E-state index in [4.69, 9.17) is 0 Å². The summed E-state index contributed by atoms with van der Waals surface area (Å²) in [6, 6.07) is 0. The summed E-state index contributed by atoms with van der Waals surface area (Å²) in [6.07, 6.45) is 6.75. The molecule has 1 nitrogen and oxygen atoms in total. The molecule has 1 aliphatic rings. The van der Waals surface area contributed by atoms with Crippen molar-refractivity contribution >= 4 is 6.10 Å². The third-order valence-corrected chi connectivity index (χ3v) is 48.1. The molecule has 0 atom stereocenters. The van der Waals surface area contributed by atoms with Gasteiger partial charge in [0.2, 0.25) is 0 Å². The van der Waals surface area contributed by atoms with E-state index in [1.54, 1.807) is 3.88 Å². The number of hydrogen-bond donors (Lipinski definition) is 0. The largest absolute Gasteiger partial charge is 1.00 e. The maximum atomic E-state index is 2.63. The molecular formula is C13H29Cl2NSiTi. The van der Waals surface area contributed by atoms with Crippen LogP contribution in [-0.2, 0) is 13.3 Å². The molecule has 108 valence electrons. The fourth-order valence-electron chi connectivity index (χ4n) is 2.68. The SMILES string of the molecule is CN(C)[Si](C)(C)[Ti+2]([CH3])([CH3])([CH3])([CH3])[C]1=CC=CC1.[Cl-].[Cl-]. The topological polar surface area (TPSA) is 3.24 Å². The third-order valence-electron chi connectivity index (χ3n) is 6.09. The summed E-state index contributed by atoms with van der Waals surface area (Å²) in [6.45, 7) is 5.10. The Labute approximate surface area is 125 Å². The molecule has 0 aliphatic heterocycles. The van der Waals surface area contributed by atoms with E-state index in [0.717, 1.165) is 0 Å². The molecule has 0 saturated carbocycles. The van der Waals surface area contributed by atoms with Crippen LogP contribution in [0, 0.1) is 0 Å². The molecular weight excluding hydrogens is 317 g/mol. The van der Waals surface area contributed by atoms with Crippen LogP contribution in [0.5, 0.6) is 0 Å². The molecule has 0 bridgehead atoms. The fraction of sp³-hybridized carbons (Fsp3) is 0.692. The summed E-state index contributed by atoms with van der Waals surface area (Å²) in [4.78, 5) is 0. The minimum atomic E-state index is -3.04. The zero-order valence-corrected chi connectivity index (χ0v) is 17.2. The van der Waals surface area contributed by atoms with Crippen molar-refractivity contribution in [3.63, 3.8) is 0 Å². The Balaban J connectivity index is 0. The maximum Gasteiger partial charge on any atom is -1.00 e. The predicted octanol–water partition coefficient (Wildman–Crippen LogP) is -1.48. The molecule has 0 aromatic carbocycles. The van der Waals surface area contributed by atoms with Gasteiger partial charge in [-0.1, -0.05) is 0 Å². The Kier molecular flexibility index (Phi) is 5.97. The second kappa shape index (κ2) is 5.05. The van der Waals surface area contributed by atoms with Crippen LogP contribution in [0.1, 0.15) is 6.42 Å². The van der Waals surface area contributed by atoms with Crippen LogP contribution in [0.15, 0.2) is 22.1 Å². The predicted molar refractivity (Wildman–Crippen MR) is 76.5 cm³/mol. The van der Waals surface area contributed by atoms with Crippen molar-refractivity contribution in [3.05, 3.63) is 22.1 Å². The van der Waals surface area contributed by atoms with Gasteiger partial charge in [0.1, 0.15) is 0 Å². The van der Waals surface area contributed by atoms with Crippen molar-refractivity contribution in [2.45, 2.75) is 40.4 Å². The zero-order chi connectivity index (χ0) is 12.9. The molecule has 0 N–H and O–H groups in total. The summed E-state index contributed by atoms with van der Waals surface area (Å²) in [7, 11) is 4.55. The second-order valence-electron chi connectivity index (χ2n) is 8.90. The smallest absolute Gasteiger partial charge is 1.00 e. The first-order valence-electron chi connectivity index (χ1n) is 6.34. The van der Waals surface area contributed by atoms with Crippen LogP contribution in [0.3, 0.4) is 0 Å². The van der Waals surface area contributed by atoms with Crippen LogP contribution < -0.4 is 24.8 Å². The molecule has 0 amide bonds. The van der Waals surface area contributed by atoms with Crippen LogP contribution in [0.25, 0.3) is 0 Å². The zero-order valence-electron chi connectivity index (χ0n) is 13.1. The van der Waals surface area contributed by atoms with Crippen molar-refractivity contribution in [2.75, 3.05) is 14.1 Å². The number of hydrogen-bond acceptors (Lipinski definition) is 1. The molecule has 0 aromatic heterocycles. The molecule has 1 rings (SSSR count). The van der Waals surface area contributed by atoms with Crippen LogP contribution in [0.4, 0.5) is 0 Å². The number of rotatable bonds is 3. The first-order valence-corrected chi connectivity index (χ1v) is 18.7. The van der Waals surface area contributed by atoms with Crippen molar-refractivity contribution < 1.29 is 38.1 Å². The average molecular weight is 346 g/mol. The summed E-state index contributed by atoms with van der Waals surface area (Å²) in [5.41, 5.74) is 0. The molecule has 0 unspecified atom stereocenters. The molecule has 0 fully saturated rings. The normalized spacial score (nSPS) is 17.5. The van der Waals surface area contributed by atoms with E-state index in [0.29, 0.717) is 0 Å². The van der Waals surface area contributed by atoms with E-state index in [1.165, 1.54) is 6.42 Å². The summed E-state index contributed by atoms with van der Waals surface area (Å²) >= 11 is -3.04. The van der Waals surface area contributed by atoms with Gasteiger partial charge in [-0.25, -0.2) is 0 Å². The minimum absolute atomic E-state index is 0. The van der Waals surface area contributed by atoms with Gasteiger partial charge in [-0.3, -0.25) is 0 Å². The summed E-state index contributed by atoms with van der Waals surface area (Å²) < 4.78 is 4.31. The first kappa shape index (κ1) is 21.3. The van der Waals surface area contributed by atoms with Gasteiger partial charge in [0, 0.05) is 0 Å². The van der Waals surface area contributed by atoms with E-state index in [9.17, 15) is 0 Å². The van der Waals surface area contributed by atoms with Crippen molar-refractivity contribution in [1.29, 1.82) is 0 Å². The molecule has 5 heteroatoms. The number of allylic oxidation sites excluding steroid dienone is 4. The van der Waals surface area contributed by atoms with Gasteiger partial charge in [0.25, 0.3) is 0 Å². The monoisotopic (exact) mass is 345 g/mol. The van der Waals surface area contributed by atoms with Gasteiger partial charge in [-0.15, -0.1) is 0 Å². The Morgan fingerprint density at radius 2 is 1.50 bits per heavy atom. The number of nitrogens with zero attached hydrogens (tertiary/aromatic N) is 1. The summed E-state index contributed by atoms with van der Waals surface area (Å²) in [5.74, 6) is 0. The molecule has 0 spiro atoms. The van der Waals surface area contributed by atoms with Crippen molar-refractivity contribution in [2.24, 2.45) is 0 Å². The van der Waals surface area contributed by atoms with Gasteiger partial charge in [0.15, 0.2) is 0 Å². The molecule has 1 aliphatic carbocycles. The third kappa shape index (κ3) is 2.84. The van der Waals surface area contributed by atoms with Crippen LogP contribution in [-0.4, -0.2) is 24.8 Å². The van der Waals surface area contributed by atoms with Gasteiger partial charge < -0.3 is 24.8 Å². The van der Waals surface area contributed by atoms with Crippen LogP contribution >= 0.6 is 0 Å². The molecule has 0 heterocycles. The van der Waals surface area contributed by atoms with Gasteiger partial charge in [0.05, 0.1) is 0 Å². The van der Waals surface area contributed by atoms with Crippen molar-refractivity contribution in [1.82, 2.24) is 4.57 Å². The van der Waals surface area contributed by atoms with Gasteiger partial charge in [-0.05, 0) is 0 Å². The standard InChI is InChI=1S/C5H5.C4H12NSi.4CH3.2ClH.Ti/c1-2-4-5-3-1;1-5(2)6(3)4;;;;;;;/h1-3H,4H2;1-4H3;4*1H3;2*1H;/q;;;;;;;;+2/p-2. The minimum Gasteiger partial charge on any atom is -1.00 e. The average Bonchev–Trinajstić information content (AvgIpc) is 2.53. The van der Waals surface area contributed by atoms with E-state index in [2.05, 4.69) is 70.9 Å². The molecule has 0 saturated heterocycles. The Morgan fingerprint density at radius 1 is 1.06 bits per heavy atom. The first-order chi connectivity index (χ1) is 6.83. The fourth-order valence-corrected chi connectivity index (χ4v) is 22.3. The van der Waals surface area contributed by atoms with Crippen molar-refractivity contribution in [3.8, 4) is 0 Å². The molecule has 18 heavy (non-hydrogen) atoms. The van der Waals surface area contributed by atoms with E-state index >= 15 is 0 Å². The van der Waals surface area contributed by atoms with E-state index in [1.807, 2.05) is 0 Å². The number of halogens is 2. The Hall–Kier alpha value is 0.951.